The number of ether oxygens (including phenoxy) is 1. The van der Waals surface area contributed by atoms with Crippen molar-refractivity contribution in [3.8, 4) is 0 Å². The third kappa shape index (κ3) is 4.84. The number of nitrogens with two attached hydrogens (primary N) is 1. The highest BCUT2D eigenvalue weighted by Crippen LogP contribution is 2.76. The summed E-state index contributed by atoms with van der Waals surface area (Å²) >= 11 is 0. The monoisotopic (exact) mass is 655 g/mol. The van der Waals surface area contributed by atoms with Crippen LogP contribution in [0.25, 0.3) is 0 Å². The molecule has 0 aromatic heterocycles. The van der Waals surface area contributed by atoms with Crippen LogP contribution in [0.4, 0.5) is 4.39 Å². The van der Waals surface area contributed by atoms with Crippen LogP contribution < -0.4 is 5.73 Å². The van der Waals surface area contributed by atoms with E-state index < -0.39 is 18.1 Å². The molecule has 1 aromatic carbocycles. The molecule has 3 nitrogen and oxygen atoms in total. The average molecular weight is 656 g/mol. The summed E-state index contributed by atoms with van der Waals surface area (Å²) in [5, 5.41) is 0. The molecule has 4 saturated carbocycles. The maximum atomic E-state index is 14.6. The van der Waals surface area contributed by atoms with E-state index in [-0.39, 0.29) is 23.0 Å². The normalized spacial score (nSPS) is 44.6. The number of allylic oxidation sites excluding steroid dienone is 5. The molecule has 1 aromatic rings. The van der Waals surface area contributed by atoms with E-state index in [4.69, 9.17) is 10.5 Å². The minimum absolute atomic E-state index is 0.00531. The van der Waals surface area contributed by atoms with Crippen LogP contribution in [-0.2, 0) is 16.1 Å². The lowest BCUT2D eigenvalue weighted by Gasteiger charge is -2.72. The molecular formula is C44H62FNO2. The molecule has 0 bridgehead atoms. The summed E-state index contributed by atoms with van der Waals surface area (Å²) < 4.78 is 20.3. The molecule has 0 heterocycles. The van der Waals surface area contributed by atoms with E-state index in [0.29, 0.717) is 53.3 Å². The third-order valence-electron chi connectivity index (χ3n) is 16.6. The van der Waals surface area contributed by atoms with E-state index in [9.17, 15) is 9.18 Å². The molecule has 2 N–H and O–H groups in total. The van der Waals surface area contributed by atoms with Crippen LogP contribution in [0.15, 0.2) is 65.8 Å². The molecule has 0 spiro atoms. The van der Waals surface area contributed by atoms with Gasteiger partial charge in [-0.15, -0.1) is 0 Å². The third-order valence-corrected chi connectivity index (χ3v) is 16.6. The standard InChI is InChI=1S/C44H62FNO2/c1-29(2)32-17-24-44(46)26-25-41(6)34(37(32)44)13-14-36-40(5)20-18-33(39(3,4)35(40)19-21-42(36,41)7)31-15-22-43(28-45,23-16-31)38(47)48-27-30-11-9-8-10-12-30/h8-12,15,18,32,34-37H,1,13-14,16-17,19-28,46H2,2-7H3/t32?,34-,35?,36?,37?,40+,41-,42-,43+,44+/m1/s1. The molecule has 0 saturated heterocycles. The molecule has 262 valence electrons. The van der Waals surface area contributed by atoms with Crippen molar-refractivity contribution in [2.75, 3.05) is 6.67 Å². The fraction of sp³-hybridized carbons (Fsp3) is 0.705. The summed E-state index contributed by atoms with van der Waals surface area (Å²) in [5.74, 6) is 2.74. The number of carbonyl (C=O) groups is 1. The van der Waals surface area contributed by atoms with Crippen molar-refractivity contribution in [3.05, 3.63) is 71.3 Å². The van der Waals surface area contributed by atoms with Crippen LogP contribution in [-0.4, -0.2) is 18.2 Å². The van der Waals surface area contributed by atoms with Crippen molar-refractivity contribution in [1.82, 2.24) is 0 Å². The van der Waals surface area contributed by atoms with Gasteiger partial charge in [0.05, 0.1) is 5.41 Å². The predicted molar refractivity (Wildman–Crippen MR) is 194 cm³/mol. The van der Waals surface area contributed by atoms with Gasteiger partial charge < -0.3 is 10.5 Å². The van der Waals surface area contributed by atoms with Gasteiger partial charge >= 0.3 is 5.97 Å². The quantitative estimate of drug-likeness (QED) is 0.245. The molecule has 7 rings (SSSR count). The van der Waals surface area contributed by atoms with Gasteiger partial charge in [0.2, 0.25) is 0 Å². The molecule has 4 heteroatoms. The van der Waals surface area contributed by atoms with Crippen molar-refractivity contribution >= 4 is 5.97 Å². The topological polar surface area (TPSA) is 52.3 Å². The number of rotatable bonds is 6. The van der Waals surface area contributed by atoms with Gasteiger partial charge in [0.25, 0.3) is 0 Å². The van der Waals surface area contributed by atoms with Crippen LogP contribution in [0.1, 0.15) is 124 Å². The Hall–Kier alpha value is -2.20. The molecule has 4 fully saturated rings. The van der Waals surface area contributed by atoms with E-state index in [1.807, 2.05) is 30.3 Å². The molecule has 6 aliphatic carbocycles. The number of halogens is 1. The summed E-state index contributed by atoms with van der Waals surface area (Å²) in [6.45, 7) is 19.3. The summed E-state index contributed by atoms with van der Waals surface area (Å²) in [5.41, 5.74) is 12.2. The van der Waals surface area contributed by atoms with Gasteiger partial charge in [-0.3, -0.25) is 4.79 Å². The van der Waals surface area contributed by atoms with Gasteiger partial charge in [0.1, 0.15) is 13.3 Å². The molecule has 0 aliphatic heterocycles. The zero-order chi connectivity index (χ0) is 34.3. The number of esters is 1. The fourth-order valence-electron chi connectivity index (χ4n) is 13.7. The van der Waals surface area contributed by atoms with Gasteiger partial charge in [-0.25, -0.2) is 4.39 Å². The molecule has 48 heavy (non-hydrogen) atoms. The highest BCUT2D eigenvalue weighted by molar-refractivity contribution is 5.78. The Morgan fingerprint density at radius 3 is 2.31 bits per heavy atom. The summed E-state index contributed by atoms with van der Waals surface area (Å²) in [7, 11) is 0. The van der Waals surface area contributed by atoms with Crippen molar-refractivity contribution in [2.24, 2.45) is 62.4 Å². The Kier molecular flexibility index (Phi) is 8.33. The van der Waals surface area contributed by atoms with E-state index in [1.165, 1.54) is 68.1 Å². The molecule has 0 amide bonds. The fourth-order valence-corrected chi connectivity index (χ4v) is 13.7. The van der Waals surface area contributed by atoms with E-state index in [2.05, 4.69) is 60.3 Å². The second-order valence-corrected chi connectivity index (χ2v) is 18.9. The van der Waals surface area contributed by atoms with Crippen LogP contribution in [0, 0.1) is 56.7 Å². The Labute approximate surface area is 290 Å². The number of carbonyl (C=O) groups excluding carboxylic acids is 1. The Morgan fingerprint density at radius 1 is 0.896 bits per heavy atom. The second-order valence-electron chi connectivity index (χ2n) is 18.9. The number of alkyl halides is 1. The van der Waals surface area contributed by atoms with Crippen molar-refractivity contribution in [1.29, 1.82) is 0 Å². The van der Waals surface area contributed by atoms with E-state index >= 15 is 0 Å². The van der Waals surface area contributed by atoms with Crippen LogP contribution in [0.3, 0.4) is 0 Å². The van der Waals surface area contributed by atoms with Crippen molar-refractivity contribution in [2.45, 2.75) is 131 Å². The lowest BCUT2D eigenvalue weighted by atomic mass is 9.33. The van der Waals surface area contributed by atoms with Crippen LogP contribution in [0.2, 0.25) is 0 Å². The molecule has 10 atom stereocenters. The lowest BCUT2D eigenvalue weighted by molar-refractivity contribution is -0.219. The highest BCUT2D eigenvalue weighted by Gasteiger charge is 2.70. The minimum atomic E-state index is -1.07. The smallest absolute Gasteiger partial charge is 0.315 e. The number of benzene rings is 1. The Morgan fingerprint density at radius 2 is 1.65 bits per heavy atom. The molecular weight excluding hydrogens is 593 g/mol. The molecule has 0 radical (unpaired) electrons. The van der Waals surface area contributed by atoms with Crippen molar-refractivity contribution in [3.63, 3.8) is 0 Å². The minimum Gasteiger partial charge on any atom is -0.460 e. The van der Waals surface area contributed by atoms with E-state index in [0.717, 1.165) is 18.4 Å². The second kappa shape index (κ2) is 11.7. The molecule has 6 aliphatic rings. The average Bonchev–Trinajstić information content (AvgIpc) is 3.42. The SMILES string of the molecule is C=C(C)C1CC[C@]2(N)CC[C@]3(C)[C@H](CCC4[C@@]5(C)CC=C(C6=CC[C@](CF)(C(=O)OCc7ccccc7)CC6)C(C)(C)C5CC[C@]43C)C12. The Balaban J connectivity index is 1.12. The zero-order valence-corrected chi connectivity index (χ0v) is 30.8. The van der Waals surface area contributed by atoms with Gasteiger partial charge in [-0.05, 0) is 152 Å². The first-order valence-electron chi connectivity index (χ1n) is 19.3. The molecule has 4 unspecified atom stereocenters. The predicted octanol–water partition coefficient (Wildman–Crippen LogP) is 10.7. The highest BCUT2D eigenvalue weighted by atomic mass is 19.1. The maximum absolute atomic E-state index is 14.6. The first-order valence-corrected chi connectivity index (χ1v) is 19.3. The largest absolute Gasteiger partial charge is 0.460 e. The Bertz CT molecular complexity index is 1510. The van der Waals surface area contributed by atoms with Gasteiger partial charge in [-0.2, -0.15) is 0 Å². The van der Waals surface area contributed by atoms with Crippen LogP contribution >= 0.6 is 0 Å². The summed E-state index contributed by atoms with van der Waals surface area (Å²) in [6, 6.07) is 9.68. The number of hydrogen-bond donors (Lipinski definition) is 1. The maximum Gasteiger partial charge on any atom is 0.315 e. The number of fused-ring (bicyclic) bond motifs is 7. The first-order chi connectivity index (χ1) is 22.7. The van der Waals surface area contributed by atoms with Crippen LogP contribution in [0.5, 0.6) is 0 Å². The number of hydrogen-bond acceptors (Lipinski definition) is 3. The summed E-state index contributed by atoms with van der Waals surface area (Å²) in [4.78, 5) is 13.3. The zero-order valence-electron chi connectivity index (χ0n) is 30.8. The lowest BCUT2D eigenvalue weighted by Crippen LogP contribution is -2.67. The van der Waals surface area contributed by atoms with Crippen molar-refractivity contribution < 1.29 is 13.9 Å². The van der Waals surface area contributed by atoms with Gasteiger partial charge in [0, 0.05) is 5.54 Å². The first kappa shape index (κ1) is 34.3. The van der Waals surface area contributed by atoms with Gasteiger partial charge in [-0.1, -0.05) is 89.3 Å². The summed E-state index contributed by atoms with van der Waals surface area (Å²) in [6.07, 6.45) is 17.5. The van der Waals surface area contributed by atoms with Gasteiger partial charge in [0.15, 0.2) is 0 Å². The van der Waals surface area contributed by atoms with E-state index in [1.54, 1.807) is 0 Å².